The molecule has 1 aliphatic carbocycles. The summed E-state index contributed by atoms with van der Waals surface area (Å²) in [7, 11) is 2.88. The summed E-state index contributed by atoms with van der Waals surface area (Å²) in [6, 6.07) is 15.0. The molecule has 3 aromatic carbocycles. The standard InChI is InChI=1S/C30H27F2NO7/c1-29(10-9-16-12-25-26(14-21(16)29)40-30(31,32)39-25)28(35)33-22-15-23(17-5-4-6-18(11-17)27(34)37-3)38-24-13-19(36-2)7-8-20(22)24/h4-8,11-14,22-23H,9-10,15H2,1-3H3,(H,33,35)/t22-,23-,29?/m1/s1. The van der Waals surface area contributed by atoms with Gasteiger partial charge >= 0.3 is 12.3 Å². The fourth-order valence-electron chi connectivity index (χ4n) is 5.73. The molecule has 6 rings (SSSR count). The third-order valence-corrected chi connectivity index (χ3v) is 7.92. The van der Waals surface area contributed by atoms with Gasteiger partial charge in [-0.2, -0.15) is 0 Å². The van der Waals surface area contributed by atoms with Crippen LogP contribution in [-0.2, 0) is 21.4 Å². The summed E-state index contributed by atoms with van der Waals surface area (Å²) in [6.07, 6.45) is -2.79. The number of nitrogens with one attached hydrogen (secondary N) is 1. The van der Waals surface area contributed by atoms with Crippen LogP contribution < -0.4 is 24.3 Å². The molecular formula is C30H27F2NO7. The van der Waals surface area contributed by atoms with Gasteiger partial charge in [-0.05, 0) is 72.9 Å². The summed E-state index contributed by atoms with van der Waals surface area (Å²) >= 11 is 0. The minimum absolute atomic E-state index is 0.0299. The van der Waals surface area contributed by atoms with E-state index in [2.05, 4.69) is 14.8 Å². The zero-order chi connectivity index (χ0) is 28.2. The Balaban J connectivity index is 1.31. The number of hydrogen-bond donors (Lipinski definition) is 1. The predicted molar refractivity (Wildman–Crippen MR) is 138 cm³/mol. The van der Waals surface area contributed by atoms with Gasteiger partial charge in [0.2, 0.25) is 5.91 Å². The molecule has 3 aliphatic rings. The second-order valence-corrected chi connectivity index (χ2v) is 10.3. The number of esters is 1. The molecule has 0 radical (unpaired) electrons. The smallest absolute Gasteiger partial charge is 0.497 e. The zero-order valence-electron chi connectivity index (χ0n) is 22.1. The molecular weight excluding hydrogens is 524 g/mol. The second-order valence-electron chi connectivity index (χ2n) is 10.3. The number of carbonyl (C=O) groups is 2. The molecule has 0 saturated heterocycles. The summed E-state index contributed by atoms with van der Waals surface area (Å²) in [5.41, 5.74) is 2.35. The lowest BCUT2D eigenvalue weighted by Gasteiger charge is -2.35. The second kappa shape index (κ2) is 9.39. The molecule has 40 heavy (non-hydrogen) atoms. The summed E-state index contributed by atoms with van der Waals surface area (Å²) in [5, 5.41) is 3.20. The van der Waals surface area contributed by atoms with Crippen molar-refractivity contribution in [3.05, 3.63) is 82.4 Å². The molecule has 1 amide bonds. The Morgan fingerprint density at radius 1 is 1.00 bits per heavy atom. The maximum Gasteiger partial charge on any atom is 0.586 e. The van der Waals surface area contributed by atoms with E-state index in [0.29, 0.717) is 41.9 Å². The van der Waals surface area contributed by atoms with Gasteiger partial charge in [-0.25, -0.2) is 4.79 Å². The summed E-state index contributed by atoms with van der Waals surface area (Å²) in [6.45, 7) is 1.81. The van der Waals surface area contributed by atoms with Gasteiger partial charge in [0.05, 0.1) is 31.2 Å². The molecule has 3 atom stereocenters. The van der Waals surface area contributed by atoms with Crippen molar-refractivity contribution in [2.75, 3.05) is 14.2 Å². The number of methoxy groups -OCH3 is 2. The lowest BCUT2D eigenvalue weighted by molar-refractivity contribution is -0.286. The molecule has 2 heterocycles. The van der Waals surface area contributed by atoms with Crippen LogP contribution >= 0.6 is 0 Å². The number of halogens is 2. The monoisotopic (exact) mass is 551 g/mol. The number of carbonyl (C=O) groups excluding carboxylic acids is 2. The first-order chi connectivity index (χ1) is 19.1. The van der Waals surface area contributed by atoms with Crippen LogP contribution in [0.15, 0.2) is 54.6 Å². The van der Waals surface area contributed by atoms with E-state index < -0.39 is 29.8 Å². The summed E-state index contributed by atoms with van der Waals surface area (Å²) < 4.78 is 53.2. The van der Waals surface area contributed by atoms with Crippen LogP contribution in [0.4, 0.5) is 8.78 Å². The summed E-state index contributed by atoms with van der Waals surface area (Å²) in [4.78, 5) is 26.1. The van der Waals surface area contributed by atoms with Crippen molar-refractivity contribution in [1.82, 2.24) is 5.32 Å². The van der Waals surface area contributed by atoms with Crippen LogP contribution in [0.3, 0.4) is 0 Å². The fraction of sp³-hybridized carbons (Fsp3) is 0.333. The summed E-state index contributed by atoms with van der Waals surface area (Å²) in [5.74, 6) is 0.324. The van der Waals surface area contributed by atoms with Crippen molar-refractivity contribution in [3.8, 4) is 23.0 Å². The van der Waals surface area contributed by atoms with E-state index >= 15 is 0 Å². The molecule has 8 nitrogen and oxygen atoms in total. The first-order valence-corrected chi connectivity index (χ1v) is 12.9. The largest absolute Gasteiger partial charge is 0.586 e. The van der Waals surface area contributed by atoms with Crippen LogP contribution in [0, 0.1) is 0 Å². The first kappa shape index (κ1) is 25.9. The molecule has 3 aromatic rings. The molecule has 1 unspecified atom stereocenters. The van der Waals surface area contributed by atoms with E-state index in [4.69, 9.17) is 14.2 Å². The molecule has 0 fully saturated rings. The SMILES string of the molecule is COC(=O)c1cccc([C@H]2C[C@@H](NC(=O)C3(C)CCc4cc5c(cc43)OC(F)(F)O5)c3ccc(OC)cc3O2)c1. The van der Waals surface area contributed by atoms with E-state index in [9.17, 15) is 18.4 Å². The molecule has 10 heteroatoms. The van der Waals surface area contributed by atoms with Crippen molar-refractivity contribution >= 4 is 11.9 Å². The lowest BCUT2D eigenvalue weighted by atomic mass is 9.82. The van der Waals surface area contributed by atoms with Crippen LogP contribution in [0.5, 0.6) is 23.0 Å². The highest BCUT2D eigenvalue weighted by Crippen LogP contribution is 2.49. The van der Waals surface area contributed by atoms with Gasteiger partial charge in [-0.15, -0.1) is 8.78 Å². The topological polar surface area (TPSA) is 92.3 Å². The highest BCUT2D eigenvalue weighted by molar-refractivity contribution is 5.90. The molecule has 1 N–H and O–H groups in total. The van der Waals surface area contributed by atoms with E-state index in [1.165, 1.54) is 19.2 Å². The van der Waals surface area contributed by atoms with Crippen molar-refractivity contribution in [1.29, 1.82) is 0 Å². The Hall–Kier alpha value is -4.34. The lowest BCUT2D eigenvalue weighted by Crippen LogP contribution is -2.44. The first-order valence-electron chi connectivity index (χ1n) is 12.9. The number of alkyl halides is 2. The van der Waals surface area contributed by atoms with E-state index in [1.807, 2.05) is 12.1 Å². The molecule has 0 saturated carbocycles. The third-order valence-electron chi connectivity index (χ3n) is 7.92. The highest BCUT2D eigenvalue weighted by atomic mass is 19.3. The highest BCUT2D eigenvalue weighted by Gasteiger charge is 2.48. The molecule has 208 valence electrons. The Labute approximate surface area is 229 Å². The van der Waals surface area contributed by atoms with Crippen molar-refractivity contribution < 1.29 is 42.1 Å². The van der Waals surface area contributed by atoms with Gasteiger partial charge in [0, 0.05) is 18.1 Å². The Bertz CT molecular complexity index is 1520. The average Bonchev–Trinajstić information content (AvgIpc) is 3.44. The van der Waals surface area contributed by atoms with Crippen molar-refractivity contribution in [2.24, 2.45) is 0 Å². The van der Waals surface area contributed by atoms with Crippen molar-refractivity contribution in [3.63, 3.8) is 0 Å². The van der Waals surface area contributed by atoms with Gasteiger partial charge in [-0.3, -0.25) is 4.79 Å². The number of hydrogen-bond acceptors (Lipinski definition) is 7. The maximum absolute atomic E-state index is 13.9. The quantitative estimate of drug-likeness (QED) is 0.425. The third kappa shape index (κ3) is 4.37. The fourth-order valence-corrected chi connectivity index (χ4v) is 5.73. The number of aryl methyl sites for hydroxylation is 1. The Morgan fingerprint density at radius 3 is 2.52 bits per heavy atom. The van der Waals surface area contributed by atoms with Crippen LogP contribution in [-0.4, -0.2) is 32.4 Å². The van der Waals surface area contributed by atoms with E-state index in [0.717, 1.165) is 16.7 Å². The van der Waals surface area contributed by atoms with E-state index in [-0.39, 0.29) is 17.4 Å². The molecule has 0 aromatic heterocycles. The van der Waals surface area contributed by atoms with E-state index in [1.54, 1.807) is 44.4 Å². The molecule has 2 aliphatic heterocycles. The van der Waals surface area contributed by atoms with Crippen LogP contribution in [0.2, 0.25) is 0 Å². The molecule has 0 spiro atoms. The number of rotatable bonds is 5. The minimum Gasteiger partial charge on any atom is -0.497 e. The van der Waals surface area contributed by atoms with Gasteiger partial charge in [-0.1, -0.05) is 12.1 Å². The predicted octanol–water partition coefficient (Wildman–Crippen LogP) is 5.39. The van der Waals surface area contributed by atoms with Crippen LogP contribution in [0.1, 0.15) is 64.5 Å². The van der Waals surface area contributed by atoms with Crippen molar-refractivity contribution in [2.45, 2.75) is 50.0 Å². The number of amides is 1. The van der Waals surface area contributed by atoms with Gasteiger partial charge < -0.3 is 29.0 Å². The zero-order valence-corrected chi connectivity index (χ0v) is 22.1. The normalized spacial score (nSPS) is 23.4. The Morgan fingerprint density at radius 2 is 1.77 bits per heavy atom. The van der Waals surface area contributed by atoms with Crippen LogP contribution in [0.25, 0.3) is 0 Å². The molecule has 0 bridgehead atoms. The van der Waals surface area contributed by atoms with Gasteiger partial charge in [0.15, 0.2) is 11.5 Å². The number of benzene rings is 3. The average molecular weight is 552 g/mol. The maximum atomic E-state index is 13.9. The van der Waals surface area contributed by atoms with Gasteiger partial charge in [0.1, 0.15) is 17.6 Å². The Kier molecular flexibility index (Phi) is 6.08. The number of ether oxygens (including phenoxy) is 5. The number of fused-ring (bicyclic) bond motifs is 3. The van der Waals surface area contributed by atoms with Gasteiger partial charge in [0.25, 0.3) is 0 Å². The minimum atomic E-state index is -3.73.